The summed E-state index contributed by atoms with van der Waals surface area (Å²) >= 11 is 0. The van der Waals surface area contributed by atoms with Crippen LogP contribution in [0, 0.1) is 0 Å². The van der Waals surface area contributed by atoms with Crippen LogP contribution in [0.25, 0.3) is 0 Å². The van der Waals surface area contributed by atoms with Gasteiger partial charge in [-0.25, -0.2) is 0 Å². The minimum absolute atomic E-state index is 0.0952. The van der Waals surface area contributed by atoms with Gasteiger partial charge in [0.05, 0.1) is 6.42 Å². The topological polar surface area (TPSA) is 49.6 Å². The van der Waals surface area contributed by atoms with Gasteiger partial charge in [0, 0.05) is 24.5 Å². The van der Waals surface area contributed by atoms with Crippen molar-refractivity contribution in [3.63, 3.8) is 0 Å². The number of hydrogen-bond donors (Lipinski definition) is 1. The molecule has 0 radical (unpaired) electrons. The summed E-state index contributed by atoms with van der Waals surface area (Å²) in [6.07, 6.45) is 0.401. The molecule has 0 saturated heterocycles. The van der Waals surface area contributed by atoms with Gasteiger partial charge in [0.25, 0.3) is 0 Å². The summed E-state index contributed by atoms with van der Waals surface area (Å²) < 4.78 is 0. The molecule has 0 atom stereocenters. The lowest BCUT2D eigenvalue weighted by Gasteiger charge is -2.25. The van der Waals surface area contributed by atoms with Crippen molar-refractivity contribution < 1.29 is 4.79 Å². The minimum atomic E-state index is 0.0952. The molecule has 22 heavy (non-hydrogen) atoms. The maximum atomic E-state index is 12.7. The molecule has 2 aromatic carbocycles. The molecule has 0 saturated carbocycles. The third-order valence-electron chi connectivity index (χ3n) is 3.47. The third kappa shape index (κ3) is 4.60. The molecule has 2 aromatic rings. The Morgan fingerprint density at radius 3 is 2.18 bits per heavy atom. The first-order valence-corrected chi connectivity index (χ1v) is 7.41. The van der Waals surface area contributed by atoms with Crippen molar-refractivity contribution in [2.45, 2.75) is 6.42 Å². The molecule has 0 aliphatic heterocycles. The lowest BCUT2D eigenvalue weighted by atomic mass is 10.1. The highest BCUT2D eigenvalue weighted by molar-refractivity contribution is 5.94. The van der Waals surface area contributed by atoms with Crippen LogP contribution in [-0.2, 0) is 11.2 Å². The molecule has 0 bridgehead atoms. The summed E-state index contributed by atoms with van der Waals surface area (Å²) in [5, 5.41) is 0. The van der Waals surface area contributed by atoms with Crippen LogP contribution in [0.4, 0.5) is 11.4 Å². The van der Waals surface area contributed by atoms with E-state index in [1.165, 1.54) is 0 Å². The maximum absolute atomic E-state index is 12.7. The van der Waals surface area contributed by atoms with Crippen molar-refractivity contribution in [3.8, 4) is 0 Å². The first-order valence-electron chi connectivity index (χ1n) is 7.41. The zero-order valence-electron chi connectivity index (χ0n) is 13.2. The normalized spacial score (nSPS) is 10.7. The third-order valence-corrected chi connectivity index (χ3v) is 3.47. The molecule has 0 aromatic heterocycles. The molecule has 2 N–H and O–H groups in total. The standard InChI is InChI=1S/C18H23N3O/c1-20(2)12-13-21(17-10-8-16(19)9-11-17)18(22)14-15-6-4-3-5-7-15/h3-11H,12-14,19H2,1-2H3. The lowest BCUT2D eigenvalue weighted by Crippen LogP contribution is -2.37. The fourth-order valence-electron chi connectivity index (χ4n) is 2.22. The van der Waals surface area contributed by atoms with E-state index in [0.717, 1.165) is 17.8 Å². The highest BCUT2D eigenvalue weighted by atomic mass is 16.2. The fourth-order valence-corrected chi connectivity index (χ4v) is 2.22. The van der Waals surface area contributed by atoms with Crippen molar-refractivity contribution in [3.05, 3.63) is 60.2 Å². The van der Waals surface area contributed by atoms with Crippen LogP contribution in [0.5, 0.6) is 0 Å². The van der Waals surface area contributed by atoms with E-state index in [9.17, 15) is 4.79 Å². The minimum Gasteiger partial charge on any atom is -0.399 e. The van der Waals surface area contributed by atoms with E-state index >= 15 is 0 Å². The Balaban J connectivity index is 2.15. The van der Waals surface area contributed by atoms with Gasteiger partial charge >= 0.3 is 0 Å². The number of nitrogen functional groups attached to an aromatic ring is 1. The Morgan fingerprint density at radius 2 is 1.59 bits per heavy atom. The Labute approximate surface area is 132 Å². The molecular formula is C18H23N3O. The zero-order valence-corrected chi connectivity index (χ0v) is 13.2. The van der Waals surface area contributed by atoms with Gasteiger partial charge in [-0.15, -0.1) is 0 Å². The van der Waals surface area contributed by atoms with Crippen molar-refractivity contribution >= 4 is 17.3 Å². The van der Waals surface area contributed by atoms with Crippen molar-refractivity contribution in [1.29, 1.82) is 0 Å². The first kappa shape index (κ1) is 16.0. The SMILES string of the molecule is CN(C)CCN(C(=O)Cc1ccccc1)c1ccc(N)cc1. The Hall–Kier alpha value is -2.33. The molecule has 1 amide bonds. The van der Waals surface area contributed by atoms with Crippen LogP contribution in [0.15, 0.2) is 54.6 Å². The van der Waals surface area contributed by atoms with Gasteiger partial charge in [0.1, 0.15) is 0 Å². The number of carbonyl (C=O) groups excluding carboxylic acids is 1. The van der Waals surface area contributed by atoms with Gasteiger partial charge in [0.2, 0.25) is 5.91 Å². The summed E-state index contributed by atoms with van der Waals surface area (Å²) in [4.78, 5) is 16.6. The fraction of sp³-hybridized carbons (Fsp3) is 0.278. The predicted molar refractivity (Wildman–Crippen MR) is 91.9 cm³/mol. The lowest BCUT2D eigenvalue weighted by molar-refractivity contribution is -0.118. The van der Waals surface area contributed by atoms with Crippen molar-refractivity contribution in [2.24, 2.45) is 0 Å². The number of rotatable bonds is 6. The maximum Gasteiger partial charge on any atom is 0.231 e. The van der Waals surface area contributed by atoms with Gasteiger partial charge in [-0.3, -0.25) is 4.79 Å². The number of anilines is 2. The summed E-state index contributed by atoms with van der Waals surface area (Å²) in [5.41, 5.74) is 8.35. The van der Waals surface area contributed by atoms with Gasteiger partial charge in [0.15, 0.2) is 0 Å². The van der Waals surface area contributed by atoms with Gasteiger partial charge in [-0.05, 0) is 43.9 Å². The van der Waals surface area contributed by atoms with Crippen LogP contribution in [0.2, 0.25) is 0 Å². The molecule has 2 rings (SSSR count). The molecule has 0 fully saturated rings. The zero-order chi connectivity index (χ0) is 15.9. The van der Waals surface area contributed by atoms with Crippen LogP contribution < -0.4 is 10.6 Å². The second-order valence-corrected chi connectivity index (χ2v) is 5.60. The predicted octanol–water partition coefficient (Wildman–Crippen LogP) is 2.41. The van der Waals surface area contributed by atoms with E-state index in [0.29, 0.717) is 18.7 Å². The van der Waals surface area contributed by atoms with Crippen LogP contribution >= 0.6 is 0 Å². The molecule has 4 heteroatoms. The summed E-state index contributed by atoms with van der Waals surface area (Å²) in [6.45, 7) is 1.47. The number of carbonyl (C=O) groups is 1. The first-order chi connectivity index (χ1) is 10.6. The van der Waals surface area contributed by atoms with Gasteiger partial charge in [-0.1, -0.05) is 30.3 Å². The summed E-state index contributed by atoms with van der Waals surface area (Å²) in [7, 11) is 4.01. The van der Waals surface area contributed by atoms with Crippen LogP contribution in [-0.4, -0.2) is 38.0 Å². The van der Waals surface area contributed by atoms with E-state index in [1.54, 1.807) is 0 Å². The molecule has 0 heterocycles. The van der Waals surface area contributed by atoms with Crippen molar-refractivity contribution in [2.75, 3.05) is 37.8 Å². The van der Waals surface area contributed by atoms with E-state index in [1.807, 2.05) is 73.6 Å². The number of amides is 1. The second kappa shape index (κ2) is 7.61. The van der Waals surface area contributed by atoms with E-state index in [-0.39, 0.29) is 5.91 Å². The quantitative estimate of drug-likeness (QED) is 0.833. The largest absolute Gasteiger partial charge is 0.399 e. The van der Waals surface area contributed by atoms with E-state index in [2.05, 4.69) is 4.90 Å². The molecule has 0 spiro atoms. The smallest absolute Gasteiger partial charge is 0.231 e. The average molecular weight is 297 g/mol. The number of benzene rings is 2. The molecule has 116 valence electrons. The molecular weight excluding hydrogens is 274 g/mol. The van der Waals surface area contributed by atoms with E-state index in [4.69, 9.17) is 5.73 Å². The molecule has 0 aliphatic rings. The number of nitrogens with two attached hydrogens (primary N) is 1. The molecule has 0 aliphatic carbocycles. The average Bonchev–Trinajstić information content (AvgIpc) is 2.50. The second-order valence-electron chi connectivity index (χ2n) is 5.60. The highest BCUT2D eigenvalue weighted by Crippen LogP contribution is 2.17. The number of hydrogen-bond acceptors (Lipinski definition) is 3. The molecule has 0 unspecified atom stereocenters. The number of likely N-dealkylation sites (N-methyl/N-ethyl adjacent to an activating group) is 1. The van der Waals surface area contributed by atoms with Crippen molar-refractivity contribution in [1.82, 2.24) is 4.90 Å². The Kier molecular flexibility index (Phi) is 5.55. The summed E-state index contributed by atoms with van der Waals surface area (Å²) in [5.74, 6) is 0.0952. The number of nitrogens with zero attached hydrogens (tertiary/aromatic N) is 2. The van der Waals surface area contributed by atoms with Gasteiger partial charge in [-0.2, -0.15) is 0 Å². The summed E-state index contributed by atoms with van der Waals surface area (Å²) in [6, 6.07) is 17.3. The van der Waals surface area contributed by atoms with Crippen LogP contribution in [0.1, 0.15) is 5.56 Å². The Morgan fingerprint density at radius 1 is 0.955 bits per heavy atom. The van der Waals surface area contributed by atoms with Crippen LogP contribution in [0.3, 0.4) is 0 Å². The monoisotopic (exact) mass is 297 g/mol. The molecule has 4 nitrogen and oxygen atoms in total. The van der Waals surface area contributed by atoms with E-state index < -0.39 is 0 Å². The Bertz CT molecular complexity index is 593. The highest BCUT2D eigenvalue weighted by Gasteiger charge is 2.16. The van der Waals surface area contributed by atoms with Gasteiger partial charge < -0.3 is 15.5 Å².